The average molecular weight is 230 g/mol. The summed E-state index contributed by atoms with van der Waals surface area (Å²) in [5.41, 5.74) is 8.27. The van der Waals surface area contributed by atoms with E-state index in [1.165, 1.54) is 17.5 Å². The van der Waals surface area contributed by atoms with E-state index in [0.717, 1.165) is 19.4 Å². The zero-order valence-corrected chi connectivity index (χ0v) is 9.41. The number of benzene rings is 1. The van der Waals surface area contributed by atoms with Crippen LogP contribution in [0.15, 0.2) is 12.1 Å². The molecule has 1 unspecified atom stereocenters. The van der Waals surface area contributed by atoms with Crippen molar-refractivity contribution >= 4 is 23.2 Å². The van der Waals surface area contributed by atoms with Crippen LogP contribution in [0.2, 0.25) is 10.0 Å². The molecule has 1 aromatic rings. The maximum absolute atomic E-state index is 5.99. The molecule has 76 valence electrons. The van der Waals surface area contributed by atoms with Crippen LogP contribution in [0.1, 0.15) is 29.9 Å². The highest BCUT2D eigenvalue weighted by atomic mass is 35.5. The van der Waals surface area contributed by atoms with Crippen LogP contribution < -0.4 is 5.73 Å². The Morgan fingerprint density at radius 2 is 2.00 bits per heavy atom. The van der Waals surface area contributed by atoms with Crippen molar-refractivity contribution in [3.05, 3.63) is 33.3 Å². The van der Waals surface area contributed by atoms with Crippen LogP contribution in [0.3, 0.4) is 0 Å². The van der Waals surface area contributed by atoms with Gasteiger partial charge in [-0.05, 0) is 55.0 Å². The summed E-state index contributed by atoms with van der Waals surface area (Å²) in [6, 6.07) is 4.00. The molecule has 0 bridgehead atoms. The first-order valence-electron chi connectivity index (χ1n) is 4.90. The molecule has 0 saturated heterocycles. The standard InChI is InChI=1S/C11H13Cl2N/c12-10-5-8-2-1-7(3-4-14)9(8)6-11(10)13/h5-7H,1-4,14H2. The summed E-state index contributed by atoms with van der Waals surface area (Å²) in [5.74, 6) is 0.588. The van der Waals surface area contributed by atoms with Gasteiger partial charge in [-0.1, -0.05) is 23.2 Å². The highest BCUT2D eigenvalue weighted by Crippen LogP contribution is 2.39. The maximum Gasteiger partial charge on any atom is 0.0595 e. The van der Waals surface area contributed by atoms with Gasteiger partial charge in [0, 0.05) is 0 Å². The summed E-state index contributed by atoms with van der Waals surface area (Å²) in [6.45, 7) is 0.740. The molecule has 2 N–H and O–H groups in total. The lowest BCUT2D eigenvalue weighted by atomic mass is 9.98. The fourth-order valence-corrected chi connectivity index (χ4v) is 2.54. The predicted octanol–water partition coefficient (Wildman–Crippen LogP) is 3.37. The molecule has 0 heterocycles. The molecule has 1 atom stereocenters. The third-order valence-corrected chi connectivity index (χ3v) is 3.62. The first kappa shape index (κ1) is 10.3. The number of aryl methyl sites for hydroxylation is 1. The van der Waals surface area contributed by atoms with E-state index in [1.54, 1.807) is 0 Å². The topological polar surface area (TPSA) is 26.0 Å². The SMILES string of the molecule is NCCC1CCc2cc(Cl)c(Cl)cc21. The Morgan fingerprint density at radius 1 is 1.29 bits per heavy atom. The number of fused-ring (bicyclic) bond motifs is 1. The van der Waals surface area contributed by atoms with E-state index in [1.807, 2.05) is 12.1 Å². The second-order valence-electron chi connectivity index (χ2n) is 3.78. The van der Waals surface area contributed by atoms with Gasteiger partial charge in [0.05, 0.1) is 10.0 Å². The highest BCUT2D eigenvalue weighted by molar-refractivity contribution is 6.42. The quantitative estimate of drug-likeness (QED) is 0.828. The summed E-state index contributed by atoms with van der Waals surface area (Å²) in [4.78, 5) is 0. The van der Waals surface area contributed by atoms with Gasteiger partial charge in [0.1, 0.15) is 0 Å². The van der Waals surface area contributed by atoms with Crippen molar-refractivity contribution in [3.8, 4) is 0 Å². The van der Waals surface area contributed by atoms with E-state index in [2.05, 4.69) is 0 Å². The monoisotopic (exact) mass is 229 g/mol. The smallest absolute Gasteiger partial charge is 0.0595 e. The Kier molecular flexibility index (Phi) is 3.01. The lowest BCUT2D eigenvalue weighted by Gasteiger charge is -2.10. The molecule has 0 spiro atoms. The first-order valence-corrected chi connectivity index (χ1v) is 5.66. The van der Waals surface area contributed by atoms with Crippen molar-refractivity contribution < 1.29 is 0 Å². The molecule has 1 aromatic carbocycles. The molecule has 0 fully saturated rings. The molecule has 3 heteroatoms. The van der Waals surface area contributed by atoms with Crippen LogP contribution in [0.4, 0.5) is 0 Å². The van der Waals surface area contributed by atoms with Gasteiger partial charge < -0.3 is 5.73 Å². The van der Waals surface area contributed by atoms with Crippen LogP contribution in [0, 0.1) is 0 Å². The summed E-state index contributed by atoms with van der Waals surface area (Å²) in [6.07, 6.45) is 3.34. The fraction of sp³-hybridized carbons (Fsp3) is 0.455. The number of hydrogen-bond acceptors (Lipinski definition) is 1. The van der Waals surface area contributed by atoms with Gasteiger partial charge in [-0.25, -0.2) is 0 Å². The third-order valence-electron chi connectivity index (χ3n) is 2.90. The minimum absolute atomic E-state index is 0.588. The molecule has 0 aliphatic heterocycles. The number of halogens is 2. The van der Waals surface area contributed by atoms with Crippen LogP contribution in [0.5, 0.6) is 0 Å². The van der Waals surface area contributed by atoms with Gasteiger partial charge >= 0.3 is 0 Å². The van der Waals surface area contributed by atoms with E-state index in [9.17, 15) is 0 Å². The first-order chi connectivity index (χ1) is 6.72. The molecular weight excluding hydrogens is 217 g/mol. The normalized spacial score (nSPS) is 19.8. The van der Waals surface area contributed by atoms with Gasteiger partial charge in [-0.2, -0.15) is 0 Å². The summed E-state index contributed by atoms with van der Waals surface area (Å²) in [7, 11) is 0. The molecule has 0 saturated carbocycles. The number of rotatable bonds is 2. The molecule has 1 nitrogen and oxygen atoms in total. The van der Waals surface area contributed by atoms with E-state index < -0.39 is 0 Å². The van der Waals surface area contributed by atoms with Gasteiger partial charge in [0.25, 0.3) is 0 Å². The van der Waals surface area contributed by atoms with Gasteiger partial charge in [-0.3, -0.25) is 0 Å². The zero-order chi connectivity index (χ0) is 10.1. The zero-order valence-electron chi connectivity index (χ0n) is 7.89. The Morgan fingerprint density at radius 3 is 2.71 bits per heavy atom. The fourth-order valence-electron chi connectivity index (χ4n) is 2.19. The second-order valence-corrected chi connectivity index (χ2v) is 4.59. The minimum Gasteiger partial charge on any atom is -0.330 e. The minimum atomic E-state index is 0.588. The lowest BCUT2D eigenvalue weighted by molar-refractivity contribution is 0.627. The Labute approximate surface area is 94.2 Å². The van der Waals surface area contributed by atoms with Gasteiger partial charge in [0.2, 0.25) is 0 Å². The van der Waals surface area contributed by atoms with Crippen molar-refractivity contribution in [2.75, 3.05) is 6.54 Å². The summed E-state index contributed by atoms with van der Waals surface area (Å²) < 4.78 is 0. The van der Waals surface area contributed by atoms with Crippen LogP contribution in [-0.2, 0) is 6.42 Å². The van der Waals surface area contributed by atoms with Crippen molar-refractivity contribution in [3.63, 3.8) is 0 Å². The number of nitrogens with two attached hydrogens (primary N) is 1. The van der Waals surface area contributed by atoms with E-state index in [-0.39, 0.29) is 0 Å². The van der Waals surface area contributed by atoms with Crippen molar-refractivity contribution in [2.45, 2.75) is 25.2 Å². The molecule has 1 aliphatic carbocycles. The molecule has 0 aromatic heterocycles. The largest absolute Gasteiger partial charge is 0.330 e. The summed E-state index contributed by atoms with van der Waals surface area (Å²) in [5, 5.41) is 1.33. The Balaban J connectivity index is 2.35. The Hall–Kier alpha value is -0.240. The molecule has 0 radical (unpaired) electrons. The highest BCUT2D eigenvalue weighted by Gasteiger charge is 2.22. The van der Waals surface area contributed by atoms with E-state index >= 15 is 0 Å². The van der Waals surface area contributed by atoms with Crippen LogP contribution in [-0.4, -0.2) is 6.54 Å². The lowest BCUT2D eigenvalue weighted by Crippen LogP contribution is -2.04. The molecular formula is C11H13Cl2N. The van der Waals surface area contributed by atoms with Crippen molar-refractivity contribution in [1.82, 2.24) is 0 Å². The molecule has 0 amide bonds. The Bertz CT molecular complexity index is 349. The van der Waals surface area contributed by atoms with Crippen molar-refractivity contribution in [2.24, 2.45) is 5.73 Å². The van der Waals surface area contributed by atoms with Gasteiger partial charge in [-0.15, -0.1) is 0 Å². The van der Waals surface area contributed by atoms with Crippen molar-refractivity contribution in [1.29, 1.82) is 0 Å². The third kappa shape index (κ3) is 1.77. The molecule has 2 rings (SSSR count). The predicted molar refractivity (Wildman–Crippen MR) is 61.2 cm³/mol. The van der Waals surface area contributed by atoms with E-state index in [4.69, 9.17) is 28.9 Å². The average Bonchev–Trinajstić information content (AvgIpc) is 2.51. The number of hydrogen-bond donors (Lipinski definition) is 1. The molecule has 1 aliphatic rings. The summed E-state index contributed by atoms with van der Waals surface area (Å²) >= 11 is 12.0. The second kappa shape index (κ2) is 4.09. The van der Waals surface area contributed by atoms with Crippen LogP contribution >= 0.6 is 23.2 Å². The van der Waals surface area contributed by atoms with Crippen LogP contribution in [0.25, 0.3) is 0 Å². The van der Waals surface area contributed by atoms with E-state index in [0.29, 0.717) is 16.0 Å². The van der Waals surface area contributed by atoms with Gasteiger partial charge in [0.15, 0.2) is 0 Å². The molecule has 14 heavy (non-hydrogen) atoms. The maximum atomic E-state index is 5.99.